The van der Waals surface area contributed by atoms with E-state index < -0.39 is 5.41 Å². The Labute approximate surface area is 319 Å². The molecule has 0 saturated carbocycles. The number of benzene rings is 9. The molecule has 0 unspecified atom stereocenters. The molecule has 1 aromatic heterocycles. The highest BCUT2D eigenvalue weighted by atomic mass is 16.5. The maximum Gasteiger partial charge on any atom is 0.136 e. The first-order valence-electron chi connectivity index (χ1n) is 19.0. The maximum atomic E-state index is 6.78. The van der Waals surface area contributed by atoms with Gasteiger partial charge in [0.15, 0.2) is 0 Å². The minimum absolute atomic E-state index is 0.449. The van der Waals surface area contributed by atoms with Gasteiger partial charge in [-0.3, -0.25) is 0 Å². The van der Waals surface area contributed by atoms with Crippen LogP contribution in [-0.2, 0) is 5.41 Å². The lowest BCUT2D eigenvalue weighted by atomic mass is 9.67. The molecule has 0 bridgehead atoms. The van der Waals surface area contributed by atoms with E-state index in [2.05, 4.69) is 205 Å². The van der Waals surface area contributed by atoms with Crippen molar-refractivity contribution in [3.63, 3.8) is 0 Å². The van der Waals surface area contributed by atoms with E-state index in [0.717, 1.165) is 28.1 Å². The smallest absolute Gasteiger partial charge is 0.136 e. The molecular weight excluding hydrogens is 667 g/mol. The van der Waals surface area contributed by atoms with Gasteiger partial charge in [-0.05, 0) is 86.5 Å². The van der Waals surface area contributed by atoms with Gasteiger partial charge in [0.1, 0.15) is 11.5 Å². The molecule has 0 saturated heterocycles. The standard InChI is InChI=1S/C53H33NO/c1-3-15-35(16-4-1)53(36-17-5-2-6-18-36)44-25-10-7-21-41(44)51-37(22-14-26-45(51)53)34-29-31-49-43(33-34)40-23-13-24-42-48(30-32-50(55-49)52(40)42)54-46-27-11-8-19-38(46)39-20-9-12-28-47(39)54/h1-33H. The molecule has 0 fully saturated rings. The third kappa shape index (κ3) is 4.08. The molecule has 256 valence electrons. The van der Waals surface area contributed by atoms with Crippen molar-refractivity contribution in [3.05, 3.63) is 222 Å². The topological polar surface area (TPSA) is 14.2 Å². The van der Waals surface area contributed by atoms with E-state index in [9.17, 15) is 0 Å². The Bertz CT molecular complexity index is 3080. The van der Waals surface area contributed by atoms with E-state index in [-0.39, 0.29) is 0 Å². The monoisotopic (exact) mass is 699 g/mol. The Morgan fingerprint density at radius 2 is 0.945 bits per heavy atom. The van der Waals surface area contributed by atoms with Crippen LogP contribution in [0.1, 0.15) is 22.3 Å². The van der Waals surface area contributed by atoms with Crippen LogP contribution in [0.3, 0.4) is 0 Å². The molecule has 0 N–H and O–H groups in total. The van der Waals surface area contributed by atoms with Gasteiger partial charge in [0.05, 0.1) is 22.1 Å². The molecule has 2 aliphatic rings. The van der Waals surface area contributed by atoms with E-state index in [1.165, 1.54) is 77.3 Å². The van der Waals surface area contributed by atoms with Gasteiger partial charge in [-0.1, -0.05) is 164 Å². The van der Waals surface area contributed by atoms with Gasteiger partial charge >= 0.3 is 0 Å². The average Bonchev–Trinajstić information content (AvgIpc) is 3.76. The second-order valence-corrected chi connectivity index (χ2v) is 14.7. The largest absolute Gasteiger partial charge is 0.456 e. The number of nitrogens with zero attached hydrogens (tertiary/aromatic N) is 1. The van der Waals surface area contributed by atoms with E-state index in [1.807, 2.05) is 0 Å². The zero-order chi connectivity index (χ0) is 36.1. The summed E-state index contributed by atoms with van der Waals surface area (Å²) < 4.78 is 9.19. The summed E-state index contributed by atoms with van der Waals surface area (Å²) in [7, 11) is 0. The first-order valence-corrected chi connectivity index (χ1v) is 19.0. The fourth-order valence-corrected chi connectivity index (χ4v) is 9.89. The normalized spacial score (nSPS) is 13.4. The molecule has 1 aliphatic heterocycles. The van der Waals surface area contributed by atoms with Crippen LogP contribution in [0.15, 0.2) is 200 Å². The molecule has 55 heavy (non-hydrogen) atoms. The van der Waals surface area contributed by atoms with Crippen LogP contribution in [0, 0.1) is 0 Å². The Balaban J connectivity index is 1.08. The number of para-hydroxylation sites is 2. The SMILES string of the molecule is c1ccc(C2(c3ccccc3)c3ccccc3-c3c(-c4ccc5c(c4)-c4cccc6c(-n7c8ccccc8c8ccccc87)ccc(c46)O5)cccc32)cc1. The highest BCUT2D eigenvalue weighted by molar-refractivity contribution is 6.13. The minimum atomic E-state index is -0.449. The van der Waals surface area contributed by atoms with Crippen LogP contribution in [0.25, 0.3) is 71.6 Å². The third-order valence-corrected chi connectivity index (χ3v) is 12.1. The number of ether oxygens (including phenoxy) is 1. The van der Waals surface area contributed by atoms with Crippen LogP contribution in [0.2, 0.25) is 0 Å². The average molecular weight is 700 g/mol. The van der Waals surface area contributed by atoms with Crippen LogP contribution in [0.5, 0.6) is 11.5 Å². The van der Waals surface area contributed by atoms with Crippen molar-refractivity contribution in [3.8, 4) is 50.6 Å². The van der Waals surface area contributed by atoms with Crippen molar-refractivity contribution in [1.29, 1.82) is 0 Å². The van der Waals surface area contributed by atoms with E-state index in [0.29, 0.717) is 0 Å². The molecular formula is C53H33NO. The molecule has 12 rings (SSSR count). The summed E-state index contributed by atoms with van der Waals surface area (Å²) in [6.45, 7) is 0. The predicted octanol–water partition coefficient (Wildman–Crippen LogP) is 13.7. The fraction of sp³-hybridized carbons (Fsp3) is 0.0189. The van der Waals surface area contributed by atoms with Gasteiger partial charge in [0, 0.05) is 27.1 Å². The van der Waals surface area contributed by atoms with Gasteiger partial charge in [0.2, 0.25) is 0 Å². The molecule has 0 amide bonds. The van der Waals surface area contributed by atoms with Crippen LogP contribution >= 0.6 is 0 Å². The molecule has 10 aromatic rings. The second-order valence-electron chi connectivity index (χ2n) is 14.7. The second kappa shape index (κ2) is 11.4. The van der Waals surface area contributed by atoms with E-state index >= 15 is 0 Å². The first-order chi connectivity index (χ1) is 27.3. The van der Waals surface area contributed by atoms with Crippen molar-refractivity contribution < 1.29 is 4.74 Å². The van der Waals surface area contributed by atoms with Gasteiger partial charge in [0.25, 0.3) is 0 Å². The minimum Gasteiger partial charge on any atom is -0.456 e. The first kappa shape index (κ1) is 30.3. The Morgan fingerprint density at radius 3 is 1.69 bits per heavy atom. The third-order valence-electron chi connectivity index (χ3n) is 12.1. The summed E-state index contributed by atoms with van der Waals surface area (Å²) >= 11 is 0. The van der Waals surface area contributed by atoms with Gasteiger partial charge in [-0.25, -0.2) is 0 Å². The summed E-state index contributed by atoms with van der Waals surface area (Å²) in [4.78, 5) is 0. The maximum absolute atomic E-state index is 6.78. The summed E-state index contributed by atoms with van der Waals surface area (Å²) in [6.07, 6.45) is 0. The van der Waals surface area contributed by atoms with Crippen molar-refractivity contribution in [2.24, 2.45) is 0 Å². The predicted molar refractivity (Wildman–Crippen MR) is 227 cm³/mol. The Kier molecular flexibility index (Phi) is 6.29. The van der Waals surface area contributed by atoms with E-state index in [1.54, 1.807) is 0 Å². The van der Waals surface area contributed by atoms with Crippen molar-refractivity contribution in [2.75, 3.05) is 0 Å². The van der Waals surface area contributed by atoms with Crippen LogP contribution in [-0.4, -0.2) is 4.57 Å². The lowest BCUT2D eigenvalue weighted by molar-refractivity contribution is 0.487. The number of hydrogen-bond acceptors (Lipinski definition) is 1. The van der Waals surface area contributed by atoms with Gasteiger partial charge < -0.3 is 9.30 Å². The van der Waals surface area contributed by atoms with Gasteiger partial charge in [-0.2, -0.15) is 0 Å². The quantitative estimate of drug-likeness (QED) is 0.178. The van der Waals surface area contributed by atoms with Crippen molar-refractivity contribution in [2.45, 2.75) is 5.41 Å². The van der Waals surface area contributed by atoms with Gasteiger partial charge in [-0.15, -0.1) is 0 Å². The zero-order valence-electron chi connectivity index (χ0n) is 29.9. The van der Waals surface area contributed by atoms with Crippen LogP contribution in [0.4, 0.5) is 0 Å². The highest BCUT2D eigenvalue weighted by Crippen LogP contribution is 2.59. The molecule has 2 heterocycles. The fourth-order valence-electron chi connectivity index (χ4n) is 9.89. The number of aromatic nitrogens is 1. The Morgan fingerprint density at radius 1 is 0.382 bits per heavy atom. The highest BCUT2D eigenvalue weighted by Gasteiger charge is 2.46. The van der Waals surface area contributed by atoms with Crippen molar-refractivity contribution in [1.82, 2.24) is 4.57 Å². The summed E-state index contributed by atoms with van der Waals surface area (Å²) in [5.41, 5.74) is 15.5. The molecule has 2 heteroatoms. The van der Waals surface area contributed by atoms with E-state index in [4.69, 9.17) is 4.74 Å². The lowest BCUT2D eigenvalue weighted by Gasteiger charge is -2.34. The zero-order valence-corrected chi connectivity index (χ0v) is 29.9. The number of fused-ring (bicyclic) bond motifs is 8. The van der Waals surface area contributed by atoms with Crippen LogP contribution < -0.4 is 4.74 Å². The number of rotatable bonds is 4. The molecule has 2 nitrogen and oxygen atoms in total. The molecule has 0 radical (unpaired) electrons. The number of hydrogen-bond donors (Lipinski definition) is 0. The molecule has 1 aliphatic carbocycles. The summed E-state index contributed by atoms with van der Waals surface area (Å²) in [6, 6.07) is 73.1. The van der Waals surface area contributed by atoms with Crippen molar-refractivity contribution >= 4 is 32.6 Å². The molecule has 9 aromatic carbocycles. The molecule has 0 spiro atoms. The summed E-state index contributed by atoms with van der Waals surface area (Å²) in [5.74, 6) is 1.77. The Hall–Kier alpha value is -7.16. The summed E-state index contributed by atoms with van der Waals surface area (Å²) in [5, 5.41) is 4.82. The lowest BCUT2D eigenvalue weighted by Crippen LogP contribution is -2.28. The molecule has 0 atom stereocenters.